The Labute approximate surface area is 137 Å². The smallest absolute Gasteiger partial charge is 0.168 e. The van der Waals surface area contributed by atoms with Crippen LogP contribution in [0.5, 0.6) is 0 Å². The van der Waals surface area contributed by atoms with Crippen LogP contribution in [0.15, 0.2) is 18.5 Å². The molecule has 1 fully saturated rings. The molecule has 0 aromatic carbocycles. The van der Waals surface area contributed by atoms with Gasteiger partial charge in [-0.3, -0.25) is 4.79 Å². The van der Waals surface area contributed by atoms with Crippen molar-refractivity contribution in [3.63, 3.8) is 0 Å². The van der Waals surface area contributed by atoms with Gasteiger partial charge in [0, 0.05) is 42.1 Å². The van der Waals surface area contributed by atoms with Crippen molar-refractivity contribution in [3.8, 4) is 0 Å². The first-order chi connectivity index (χ1) is 11.2. The quantitative estimate of drug-likeness (QED) is 0.715. The normalized spacial score (nSPS) is 18.5. The number of anilines is 1. The van der Waals surface area contributed by atoms with E-state index in [1.165, 1.54) is 6.42 Å². The zero-order chi connectivity index (χ0) is 16.2. The Morgan fingerprint density at radius 1 is 1.43 bits per heavy atom. The summed E-state index contributed by atoms with van der Waals surface area (Å²) in [5, 5.41) is 7.96. The van der Waals surface area contributed by atoms with Crippen LogP contribution in [0.25, 0.3) is 11.0 Å². The SMILES string of the molecule is CCC(CC)C(=O)c1c[nH]c2nccc(NC3CCCNC3)c12. The number of hydrogen-bond donors (Lipinski definition) is 3. The van der Waals surface area contributed by atoms with Crippen molar-refractivity contribution >= 4 is 22.5 Å². The largest absolute Gasteiger partial charge is 0.380 e. The Balaban J connectivity index is 1.95. The minimum atomic E-state index is 0.0819. The van der Waals surface area contributed by atoms with Gasteiger partial charge in [0.05, 0.1) is 5.39 Å². The molecule has 1 aliphatic heterocycles. The van der Waals surface area contributed by atoms with Crippen molar-refractivity contribution in [3.05, 3.63) is 24.0 Å². The first kappa shape index (κ1) is 16.0. The van der Waals surface area contributed by atoms with E-state index in [9.17, 15) is 4.79 Å². The average molecular weight is 314 g/mol. The van der Waals surface area contributed by atoms with Gasteiger partial charge in [0.25, 0.3) is 0 Å². The van der Waals surface area contributed by atoms with E-state index in [1.54, 1.807) is 6.20 Å². The number of nitrogens with zero attached hydrogens (tertiary/aromatic N) is 1. The maximum absolute atomic E-state index is 12.8. The lowest BCUT2D eigenvalue weighted by atomic mass is 9.93. The van der Waals surface area contributed by atoms with Crippen molar-refractivity contribution in [1.82, 2.24) is 15.3 Å². The molecule has 0 radical (unpaired) electrons. The van der Waals surface area contributed by atoms with Crippen LogP contribution in [0.2, 0.25) is 0 Å². The second kappa shape index (κ2) is 7.13. The van der Waals surface area contributed by atoms with E-state index in [0.717, 1.165) is 54.6 Å². The van der Waals surface area contributed by atoms with Gasteiger partial charge in [0.1, 0.15) is 5.65 Å². The van der Waals surface area contributed by atoms with Crippen LogP contribution < -0.4 is 10.6 Å². The summed E-state index contributed by atoms with van der Waals surface area (Å²) in [4.78, 5) is 20.4. The van der Waals surface area contributed by atoms with Gasteiger partial charge in [-0.2, -0.15) is 0 Å². The number of piperidine rings is 1. The number of rotatable bonds is 6. The summed E-state index contributed by atoms with van der Waals surface area (Å²) in [5.41, 5.74) is 2.57. The number of aromatic amines is 1. The number of fused-ring (bicyclic) bond motifs is 1. The van der Waals surface area contributed by atoms with Crippen LogP contribution >= 0.6 is 0 Å². The molecule has 0 spiro atoms. The summed E-state index contributed by atoms with van der Waals surface area (Å²) in [5.74, 6) is 0.303. The molecular formula is C18H26N4O. The minimum absolute atomic E-state index is 0.0819. The molecule has 3 N–H and O–H groups in total. The summed E-state index contributed by atoms with van der Waals surface area (Å²) in [6.45, 7) is 6.20. The summed E-state index contributed by atoms with van der Waals surface area (Å²) >= 11 is 0. The number of carbonyl (C=O) groups is 1. The monoisotopic (exact) mass is 314 g/mol. The van der Waals surface area contributed by atoms with E-state index in [1.807, 2.05) is 12.3 Å². The summed E-state index contributed by atoms with van der Waals surface area (Å²) in [6.07, 6.45) is 7.69. The van der Waals surface area contributed by atoms with Gasteiger partial charge in [-0.15, -0.1) is 0 Å². The number of hydrogen-bond acceptors (Lipinski definition) is 4. The zero-order valence-electron chi connectivity index (χ0n) is 14.0. The predicted octanol–water partition coefficient (Wildman–Crippen LogP) is 3.35. The molecule has 1 unspecified atom stereocenters. The molecule has 1 saturated heterocycles. The summed E-state index contributed by atoms with van der Waals surface area (Å²) in [6, 6.07) is 2.38. The lowest BCUT2D eigenvalue weighted by molar-refractivity contribution is 0.0915. The van der Waals surface area contributed by atoms with Gasteiger partial charge in [-0.25, -0.2) is 4.98 Å². The second-order valence-corrected chi connectivity index (χ2v) is 6.35. The Morgan fingerprint density at radius 2 is 2.26 bits per heavy atom. The number of pyridine rings is 1. The topological polar surface area (TPSA) is 69.8 Å². The van der Waals surface area contributed by atoms with Crippen LogP contribution in [-0.2, 0) is 0 Å². The van der Waals surface area contributed by atoms with E-state index in [-0.39, 0.29) is 11.7 Å². The van der Waals surface area contributed by atoms with E-state index < -0.39 is 0 Å². The first-order valence-corrected chi connectivity index (χ1v) is 8.72. The van der Waals surface area contributed by atoms with E-state index in [0.29, 0.717) is 6.04 Å². The van der Waals surface area contributed by atoms with Gasteiger partial charge >= 0.3 is 0 Å². The predicted molar refractivity (Wildman–Crippen MR) is 94.0 cm³/mol. The van der Waals surface area contributed by atoms with Gasteiger partial charge in [-0.1, -0.05) is 13.8 Å². The van der Waals surface area contributed by atoms with Gasteiger partial charge in [-0.05, 0) is 38.3 Å². The number of aromatic nitrogens is 2. The highest BCUT2D eigenvalue weighted by Gasteiger charge is 2.23. The standard InChI is InChI=1S/C18H26N4O/c1-3-12(4-2)17(23)14-11-21-18-16(14)15(7-9-20-18)22-13-6-5-8-19-10-13/h7,9,11-13,19H,3-6,8,10H2,1-2H3,(H2,20,21,22). The summed E-state index contributed by atoms with van der Waals surface area (Å²) in [7, 11) is 0. The highest BCUT2D eigenvalue weighted by atomic mass is 16.1. The molecule has 3 rings (SSSR count). The Morgan fingerprint density at radius 3 is 2.96 bits per heavy atom. The molecule has 1 atom stereocenters. The molecule has 0 amide bonds. The molecule has 0 aliphatic carbocycles. The molecule has 0 saturated carbocycles. The third-order valence-electron chi connectivity index (χ3n) is 4.85. The molecule has 5 heteroatoms. The third kappa shape index (κ3) is 3.24. The third-order valence-corrected chi connectivity index (χ3v) is 4.85. The van der Waals surface area contributed by atoms with Crippen molar-refractivity contribution in [2.75, 3.05) is 18.4 Å². The molecule has 1 aliphatic rings. The molecule has 3 heterocycles. The maximum Gasteiger partial charge on any atom is 0.168 e. The van der Waals surface area contributed by atoms with E-state index >= 15 is 0 Å². The van der Waals surface area contributed by atoms with Crippen LogP contribution in [0.4, 0.5) is 5.69 Å². The van der Waals surface area contributed by atoms with Gasteiger partial charge < -0.3 is 15.6 Å². The molecule has 23 heavy (non-hydrogen) atoms. The van der Waals surface area contributed by atoms with Crippen LogP contribution in [0.1, 0.15) is 49.9 Å². The summed E-state index contributed by atoms with van der Waals surface area (Å²) < 4.78 is 0. The number of carbonyl (C=O) groups excluding carboxylic acids is 1. The lowest BCUT2D eigenvalue weighted by Gasteiger charge is -2.25. The number of H-pyrrole nitrogens is 1. The fraction of sp³-hybridized carbons (Fsp3) is 0.556. The maximum atomic E-state index is 12.8. The van der Waals surface area contributed by atoms with E-state index in [2.05, 4.69) is 34.4 Å². The highest BCUT2D eigenvalue weighted by molar-refractivity contribution is 6.12. The Hall–Kier alpha value is -1.88. The molecule has 2 aromatic heterocycles. The number of ketones is 1. The van der Waals surface area contributed by atoms with E-state index in [4.69, 9.17) is 0 Å². The van der Waals surface area contributed by atoms with Crippen LogP contribution in [0, 0.1) is 5.92 Å². The van der Waals surface area contributed by atoms with Gasteiger partial charge in [0.2, 0.25) is 0 Å². The Bertz CT molecular complexity index is 669. The number of Topliss-reactive ketones (excluding diaryl/α,β-unsaturated/α-hetero) is 1. The molecule has 124 valence electrons. The molecule has 0 bridgehead atoms. The van der Waals surface area contributed by atoms with Crippen molar-refractivity contribution < 1.29 is 4.79 Å². The highest BCUT2D eigenvalue weighted by Crippen LogP contribution is 2.29. The minimum Gasteiger partial charge on any atom is -0.380 e. The van der Waals surface area contributed by atoms with Crippen molar-refractivity contribution in [1.29, 1.82) is 0 Å². The van der Waals surface area contributed by atoms with Crippen LogP contribution in [0.3, 0.4) is 0 Å². The molecule has 2 aromatic rings. The molecular weight excluding hydrogens is 288 g/mol. The molecule has 5 nitrogen and oxygen atoms in total. The van der Waals surface area contributed by atoms with Crippen LogP contribution in [-0.4, -0.2) is 34.9 Å². The average Bonchev–Trinajstić information content (AvgIpc) is 3.02. The van der Waals surface area contributed by atoms with Crippen molar-refractivity contribution in [2.45, 2.75) is 45.6 Å². The fourth-order valence-corrected chi connectivity index (χ4v) is 3.45. The van der Waals surface area contributed by atoms with Gasteiger partial charge in [0.15, 0.2) is 5.78 Å². The second-order valence-electron chi connectivity index (χ2n) is 6.35. The zero-order valence-corrected chi connectivity index (χ0v) is 14.0. The number of nitrogens with one attached hydrogen (secondary N) is 3. The Kier molecular flexibility index (Phi) is 4.96. The van der Waals surface area contributed by atoms with Crippen molar-refractivity contribution in [2.24, 2.45) is 5.92 Å². The lowest BCUT2D eigenvalue weighted by Crippen LogP contribution is -2.38. The fourth-order valence-electron chi connectivity index (χ4n) is 3.45. The first-order valence-electron chi connectivity index (χ1n) is 8.72.